The van der Waals surface area contributed by atoms with Gasteiger partial charge in [0.15, 0.2) is 0 Å². The maximum Gasteiger partial charge on any atom is 0.351 e. The number of aliphatic carboxylic acids is 1. The van der Waals surface area contributed by atoms with Crippen LogP contribution in [0.15, 0.2) is 24.3 Å². The quantitative estimate of drug-likeness (QED) is 0.455. The minimum Gasteiger partial charge on any atom is -0.497 e. The molecule has 2 saturated heterocycles. The van der Waals surface area contributed by atoms with Crippen LogP contribution in [0.25, 0.3) is 0 Å². The number of benzene rings is 1. The summed E-state index contributed by atoms with van der Waals surface area (Å²) < 4.78 is 15.4. The number of carbonyl (C=O) groups excluding carboxylic acids is 2. The molecule has 25 heavy (non-hydrogen) atoms. The summed E-state index contributed by atoms with van der Waals surface area (Å²) in [5.41, 5.74) is -0.989. The van der Waals surface area contributed by atoms with Crippen LogP contribution in [0.2, 0.25) is 0 Å². The fourth-order valence-corrected chi connectivity index (χ4v) is 2.93. The van der Waals surface area contributed by atoms with Gasteiger partial charge in [0, 0.05) is 6.54 Å². The molecule has 0 aromatic heterocycles. The van der Waals surface area contributed by atoms with Crippen LogP contribution in [0.5, 0.6) is 5.75 Å². The van der Waals surface area contributed by atoms with E-state index in [1.807, 2.05) is 0 Å². The van der Waals surface area contributed by atoms with Crippen LogP contribution in [0, 0.1) is 0 Å². The van der Waals surface area contributed by atoms with Gasteiger partial charge < -0.3 is 24.2 Å². The number of carbonyl (C=O) groups is 3. The highest BCUT2D eigenvalue weighted by Crippen LogP contribution is 2.34. The van der Waals surface area contributed by atoms with Gasteiger partial charge in [-0.05, 0) is 30.5 Å². The SMILES string of the molecule is COc1cccc(COC(=O)C2(C(=O)N3CCC[C@H]3C(=O)O)CO2)c1. The molecule has 134 valence electrons. The molecule has 2 aliphatic heterocycles. The van der Waals surface area contributed by atoms with Crippen LogP contribution in [0.4, 0.5) is 0 Å². The highest BCUT2D eigenvalue weighted by molar-refractivity contribution is 6.09. The first-order chi connectivity index (χ1) is 12.0. The largest absolute Gasteiger partial charge is 0.497 e. The monoisotopic (exact) mass is 349 g/mol. The number of epoxide rings is 1. The smallest absolute Gasteiger partial charge is 0.351 e. The molecule has 2 aliphatic rings. The van der Waals surface area contributed by atoms with Crippen molar-refractivity contribution in [2.45, 2.75) is 31.1 Å². The number of hydrogen-bond acceptors (Lipinski definition) is 6. The number of ether oxygens (including phenoxy) is 3. The second-order valence-corrected chi connectivity index (χ2v) is 6.04. The van der Waals surface area contributed by atoms with E-state index in [4.69, 9.17) is 14.2 Å². The number of amides is 1. The molecular weight excluding hydrogens is 330 g/mol. The maximum absolute atomic E-state index is 12.6. The summed E-state index contributed by atoms with van der Waals surface area (Å²) in [7, 11) is 1.53. The summed E-state index contributed by atoms with van der Waals surface area (Å²) >= 11 is 0. The number of esters is 1. The van der Waals surface area contributed by atoms with E-state index in [1.54, 1.807) is 24.3 Å². The standard InChI is InChI=1S/C17H19NO7/c1-23-12-5-2-4-11(8-12)9-24-16(22)17(10-25-17)15(21)18-7-3-6-13(18)14(19)20/h2,4-5,8,13H,3,6-7,9-10H2,1H3,(H,19,20)/t13-,17?/m0/s1. The van der Waals surface area contributed by atoms with E-state index in [0.29, 0.717) is 30.7 Å². The van der Waals surface area contributed by atoms with E-state index < -0.39 is 29.5 Å². The molecule has 1 amide bonds. The zero-order valence-electron chi connectivity index (χ0n) is 13.8. The van der Waals surface area contributed by atoms with E-state index >= 15 is 0 Å². The van der Waals surface area contributed by atoms with Gasteiger partial charge >= 0.3 is 11.9 Å². The molecule has 0 saturated carbocycles. The molecule has 2 atom stereocenters. The van der Waals surface area contributed by atoms with Crippen LogP contribution in [-0.2, 0) is 30.5 Å². The minimum atomic E-state index is -1.70. The second-order valence-electron chi connectivity index (χ2n) is 6.04. The van der Waals surface area contributed by atoms with E-state index in [9.17, 15) is 19.5 Å². The Bertz CT molecular complexity index is 698. The summed E-state index contributed by atoms with van der Waals surface area (Å²) in [6.07, 6.45) is 0.952. The number of nitrogens with zero attached hydrogens (tertiary/aromatic N) is 1. The van der Waals surface area contributed by atoms with Crippen LogP contribution >= 0.6 is 0 Å². The van der Waals surface area contributed by atoms with Crippen molar-refractivity contribution in [3.05, 3.63) is 29.8 Å². The number of likely N-dealkylation sites (tertiary alicyclic amines) is 1. The lowest BCUT2D eigenvalue weighted by Crippen LogP contribution is -2.50. The Balaban J connectivity index is 1.65. The van der Waals surface area contributed by atoms with Crippen LogP contribution in [-0.4, -0.2) is 59.8 Å². The number of carboxylic acids is 1. The van der Waals surface area contributed by atoms with Crippen molar-refractivity contribution >= 4 is 17.8 Å². The van der Waals surface area contributed by atoms with Crippen LogP contribution in [0.1, 0.15) is 18.4 Å². The molecule has 2 heterocycles. The summed E-state index contributed by atoms with van der Waals surface area (Å²) in [6.45, 7) is 0.173. The average molecular weight is 349 g/mol. The lowest BCUT2D eigenvalue weighted by atomic mass is 10.1. The van der Waals surface area contributed by atoms with E-state index in [1.165, 1.54) is 12.0 Å². The van der Waals surface area contributed by atoms with E-state index in [-0.39, 0.29) is 13.2 Å². The van der Waals surface area contributed by atoms with Crippen molar-refractivity contribution in [1.29, 1.82) is 0 Å². The minimum absolute atomic E-state index is 0.0310. The van der Waals surface area contributed by atoms with Gasteiger partial charge in [-0.15, -0.1) is 0 Å². The molecule has 1 aromatic rings. The van der Waals surface area contributed by atoms with Crippen molar-refractivity contribution in [2.24, 2.45) is 0 Å². The normalized spacial score (nSPS) is 24.7. The molecule has 3 rings (SSSR count). The van der Waals surface area contributed by atoms with Gasteiger partial charge in [-0.1, -0.05) is 12.1 Å². The van der Waals surface area contributed by atoms with Crippen molar-refractivity contribution in [1.82, 2.24) is 4.90 Å². The van der Waals surface area contributed by atoms with E-state index in [0.717, 1.165) is 0 Å². The molecule has 0 bridgehead atoms. The highest BCUT2D eigenvalue weighted by Gasteiger charge is 2.63. The number of hydrogen-bond donors (Lipinski definition) is 1. The van der Waals surface area contributed by atoms with Crippen molar-refractivity contribution in [3.63, 3.8) is 0 Å². The number of methoxy groups -OCH3 is 1. The van der Waals surface area contributed by atoms with Crippen molar-refractivity contribution < 1.29 is 33.7 Å². The first-order valence-corrected chi connectivity index (χ1v) is 7.96. The fraction of sp³-hybridized carbons (Fsp3) is 0.471. The van der Waals surface area contributed by atoms with Gasteiger partial charge in [-0.25, -0.2) is 9.59 Å². The lowest BCUT2D eigenvalue weighted by molar-refractivity contribution is -0.162. The summed E-state index contributed by atoms with van der Waals surface area (Å²) in [5, 5.41) is 9.20. The fourth-order valence-electron chi connectivity index (χ4n) is 2.93. The molecule has 1 unspecified atom stereocenters. The molecule has 1 aromatic carbocycles. The summed E-state index contributed by atoms with van der Waals surface area (Å²) in [5.74, 6) is -1.88. The molecular formula is C17H19NO7. The van der Waals surface area contributed by atoms with Gasteiger partial charge in [0.05, 0.1) is 13.7 Å². The molecule has 0 spiro atoms. The third kappa shape index (κ3) is 3.30. The third-order valence-corrected chi connectivity index (χ3v) is 4.41. The predicted molar refractivity (Wildman–Crippen MR) is 83.8 cm³/mol. The molecule has 0 radical (unpaired) electrons. The Kier molecular flexibility index (Phi) is 4.63. The Morgan fingerprint density at radius 2 is 2.16 bits per heavy atom. The first kappa shape index (κ1) is 17.2. The van der Waals surface area contributed by atoms with Gasteiger partial charge in [0.2, 0.25) is 0 Å². The van der Waals surface area contributed by atoms with Crippen LogP contribution < -0.4 is 4.74 Å². The average Bonchev–Trinajstić information content (AvgIpc) is 3.28. The molecule has 1 N–H and O–H groups in total. The molecule has 0 aliphatic carbocycles. The van der Waals surface area contributed by atoms with Gasteiger partial charge in [-0.3, -0.25) is 4.79 Å². The molecule has 8 heteroatoms. The zero-order valence-corrected chi connectivity index (χ0v) is 13.8. The van der Waals surface area contributed by atoms with Gasteiger partial charge in [0.1, 0.15) is 18.4 Å². The predicted octanol–water partition coefficient (Wildman–Crippen LogP) is 0.583. The highest BCUT2D eigenvalue weighted by atomic mass is 16.6. The summed E-state index contributed by atoms with van der Waals surface area (Å²) in [4.78, 5) is 37.4. The van der Waals surface area contributed by atoms with Crippen LogP contribution in [0.3, 0.4) is 0 Å². The van der Waals surface area contributed by atoms with Crippen molar-refractivity contribution in [3.8, 4) is 5.75 Å². The van der Waals surface area contributed by atoms with Gasteiger partial charge in [-0.2, -0.15) is 0 Å². The number of rotatable bonds is 6. The topological polar surface area (TPSA) is 106 Å². The number of carboxylic acid groups (broad SMARTS) is 1. The maximum atomic E-state index is 12.6. The lowest BCUT2D eigenvalue weighted by Gasteiger charge is -2.24. The molecule has 8 nitrogen and oxygen atoms in total. The third-order valence-electron chi connectivity index (χ3n) is 4.41. The Hall–Kier alpha value is -2.61. The Labute approximate surface area is 144 Å². The second kappa shape index (κ2) is 6.72. The van der Waals surface area contributed by atoms with E-state index in [2.05, 4.69) is 0 Å². The van der Waals surface area contributed by atoms with Gasteiger partial charge in [0.25, 0.3) is 11.5 Å². The first-order valence-electron chi connectivity index (χ1n) is 7.96. The van der Waals surface area contributed by atoms with Crippen molar-refractivity contribution in [2.75, 3.05) is 20.3 Å². The Morgan fingerprint density at radius 3 is 2.80 bits per heavy atom. The summed E-state index contributed by atoms with van der Waals surface area (Å²) in [6, 6.07) is 6.09. The zero-order chi connectivity index (χ0) is 18.0. The Morgan fingerprint density at radius 1 is 1.40 bits per heavy atom. The molecule has 2 fully saturated rings.